The van der Waals surface area contributed by atoms with Gasteiger partial charge in [0.15, 0.2) is 0 Å². The Balaban J connectivity index is 2.63. The van der Waals surface area contributed by atoms with Gasteiger partial charge in [0.2, 0.25) is 0 Å². The van der Waals surface area contributed by atoms with Gasteiger partial charge in [-0.1, -0.05) is 41.1 Å². The molecular weight excluding hydrogens is 312 g/mol. The number of aliphatic carboxylic acids is 1. The lowest BCUT2D eigenvalue weighted by atomic mass is 10.2. The summed E-state index contributed by atoms with van der Waals surface area (Å²) in [5.74, 6) is -1.02. The van der Waals surface area contributed by atoms with Crippen LogP contribution in [0, 0.1) is 0 Å². The highest BCUT2D eigenvalue weighted by Gasteiger charge is 2.19. The number of carbonyl (C=O) groups is 2. The molecule has 1 rings (SSSR count). The van der Waals surface area contributed by atoms with E-state index in [2.05, 4.69) is 21.2 Å². The first-order valence-electron chi connectivity index (χ1n) is 5.93. The van der Waals surface area contributed by atoms with Gasteiger partial charge >= 0.3 is 12.0 Å². The van der Waals surface area contributed by atoms with E-state index >= 15 is 0 Å². The number of halogens is 1. The highest BCUT2D eigenvalue weighted by atomic mass is 79.9. The molecule has 0 aliphatic rings. The Morgan fingerprint density at radius 2 is 2.05 bits per heavy atom. The van der Waals surface area contributed by atoms with Crippen molar-refractivity contribution in [3.8, 4) is 0 Å². The van der Waals surface area contributed by atoms with Crippen molar-refractivity contribution in [2.75, 3.05) is 7.05 Å². The van der Waals surface area contributed by atoms with Gasteiger partial charge < -0.3 is 15.3 Å². The zero-order valence-electron chi connectivity index (χ0n) is 10.9. The highest BCUT2D eigenvalue weighted by Crippen LogP contribution is 2.17. The van der Waals surface area contributed by atoms with E-state index in [1.807, 2.05) is 24.3 Å². The van der Waals surface area contributed by atoms with Gasteiger partial charge in [-0.2, -0.15) is 0 Å². The van der Waals surface area contributed by atoms with Crippen LogP contribution >= 0.6 is 15.9 Å². The third-order valence-corrected chi connectivity index (χ3v) is 3.49. The van der Waals surface area contributed by atoms with Gasteiger partial charge in [-0.25, -0.2) is 9.59 Å². The number of carboxylic acid groups (broad SMARTS) is 1. The maximum absolute atomic E-state index is 11.9. The fourth-order valence-corrected chi connectivity index (χ4v) is 1.96. The number of benzene rings is 1. The molecule has 6 heteroatoms. The molecular formula is C13H17BrN2O3. The second kappa shape index (κ2) is 7.13. The molecule has 0 radical (unpaired) electrons. The number of nitrogens with zero attached hydrogens (tertiary/aromatic N) is 1. The molecule has 0 bridgehead atoms. The molecule has 1 aromatic carbocycles. The van der Waals surface area contributed by atoms with E-state index in [9.17, 15) is 9.59 Å². The van der Waals surface area contributed by atoms with Crippen LogP contribution in [0.2, 0.25) is 0 Å². The molecule has 0 spiro atoms. The number of amides is 2. The lowest BCUT2D eigenvalue weighted by Gasteiger charge is -2.21. The van der Waals surface area contributed by atoms with Crippen LogP contribution in [-0.4, -0.2) is 35.1 Å². The lowest BCUT2D eigenvalue weighted by molar-refractivity contribution is -0.139. The molecule has 0 aliphatic carbocycles. The van der Waals surface area contributed by atoms with Gasteiger partial charge in [0.25, 0.3) is 0 Å². The number of nitrogens with one attached hydrogen (secondary N) is 1. The third kappa shape index (κ3) is 4.55. The second-order valence-corrected chi connectivity index (χ2v) is 5.05. The standard InChI is InChI=1S/C13H17BrN2O3/c1-3-11(12(17)18)15-13(19)16(2)8-9-6-4-5-7-10(9)14/h4-7,11H,3,8H2,1-2H3,(H,15,19)(H,17,18)/t11-/m1/s1. The summed E-state index contributed by atoms with van der Waals surface area (Å²) >= 11 is 3.41. The molecule has 0 fully saturated rings. The molecule has 0 aromatic heterocycles. The Morgan fingerprint density at radius 3 is 2.58 bits per heavy atom. The fourth-order valence-electron chi connectivity index (χ4n) is 1.55. The van der Waals surface area contributed by atoms with Crippen LogP contribution in [0.1, 0.15) is 18.9 Å². The van der Waals surface area contributed by atoms with Gasteiger partial charge in [0, 0.05) is 18.1 Å². The van der Waals surface area contributed by atoms with Crippen molar-refractivity contribution in [1.29, 1.82) is 0 Å². The summed E-state index contributed by atoms with van der Waals surface area (Å²) in [5, 5.41) is 11.4. The third-order valence-electron chi connectivity index (χ3n) is 2.72. The van der Waals surface area contributed by atoms with Crippen molar-refractivity contribution in [3.63, 3.8) is 0 Å². The Labute approximate surface area is 120 Å². The fraction of sp³-hybridized carbons (Fsp3) is 0.385. The van der Waals surface area contributed by atoms with Crippen molar-refractivity contribution in [3.05, 3.63) is 34.3 Å². The normalized spacial score (nSPS) is 11.7. The summed E-state index contributed by atoms with van der Waals surface area (Å²) in [6.07, 6.45) is 0.351. The molecule has 0 saturated heterocycles. The smallest absolute Gasteiger partial charge is 0.326 e. The van der Waals surface area contributed by atoms with Crippen LogP contribution < -0.4 is 5.32 Å². The average molecular weight is 329 g/mol. The van der Waals surface area contributed by atoms with Crippen molar-refractivity contribution < 1.29 is 14.7 Å². The van der Waals surface area contributed by atoms with Crippen molar-refractivity contribution >= 4 is 27.9 Å². The molecule has 0 saturated carbocycles. The number of hydrogen-bond donors (Lipinski definition) is 2. The Morgan fingerprint density at radius 1 is 1.42 bits per heavy atom. The van der Waals surface area contributed by atoms with Gasteiger partial charge in [0.1, 0.15) is 6.04 Å². The molecule has 2 amide bonds. The first-order chi connectivity index (χ1) is 8.95. The minimum atomic E-state index is -1.02. The summed E-state index contributed by atoms with van der Waals surface area (Å²) in [7, 11) is 1.63. The minimum absolute atomic E-state index is 0.351. The SMILES string of the molecule is CC[C@@H](NC(=O)N(C)Cc1ccccc1Br)C(=O)O. The molecule has 19 heavy (non-hydrogen) atoms. The predicted molar refractivity (Wildman–Crippen MR) is 75.9 cm³/mol. The van der Waals surface area contributed by atoms with E-state index in [1.165, 1.54) is 4.90 Å². The maximum atomic E-state index is 11.9. The van der Waals surface area contributed by atoms with Gasteiger partial charge in [0.05, 0.1) is 0 Å². The molecule has 1 atom stereocenters. The van der Waals surface area contributed by atoms with Crippen molar-refractivity contribution in [2.24, 2.45) is 0 Å². The topological polar surface area (TPSA) is 69.6 Å². The second-order valence-electron chi connectivity index (χ2n) is 4.20. The number of hydrogen-bond acceptors (Lipinski definition) is 2. The van der Waals surface area contributed by atoms with Crippen LogP contribution in [0.3, 0.4) is 0 Å². The molecule has 0 heterocycles. The monoisotopic (exact) mass is 328 g/mol. The Kier molecular flexibility index (Phi) is 5.82. The van der Waals surface area contributed by atoms with E-state index in [0.717, 1.165) is 10.0 Å². The van der Waals surface area contributed by atoms with Gasteiger partial charge in [-0.05, 0) is 18.1 Å². The molecule has 5 nitrogen and oxygen atoms in total. The molecule has 2 N–H and O–H groups in total. The van der Waals surface area contributed by atoms with Crippen LogP contribution in [-0.2, 0) is 11.3 Å². The molecule has 1 aromatic rings. The first kappa shape index (κ1) is 15.5. The number of carboxylic acids is 1. The van der Waals surface area contributed by atoms with E-state index < -0.39 is 18.0 Å². The summed E-state index contributed by atoms with van der Waals surface area (Å²) in [4.78, 5) is 24.2. The highest BCUT2D eigenvalue weighted by molar-refractivity contribution is 9.10. The Hall–Kier alpha value is -1.56. The lowest BCUT2D eigenvalue weighted by Crippen LogP contribution is -2.46. The van der Waals surface area contributed by atoms with Gasteiger partial charge in [-0.3, -0.25) is 0 Å². The zero-order valence-corrected chi connectivity index (χ0v) is 12.5. The molecule has 0 aliphatic heterocycles. The minimum Gasteiger partial charge on any atom is -0.480 e. The first-order valence-corrected chi connectivity index (χ1v) is 6.72. The number of carbonyl (C=O) groups excluding carboxylic acids is 1. The van der Waals surface area contributed by atoms with Crippen molar-refractivity contribution in [1.82, 2.24) is 10.2 Å². The summed E-state index contributed by atoms with van der Waals surface area (Å²) in [6.45, 7) is 2.12. The van der Waals surface area contributed by atoms with E-state index in [4.69, 9.17) is 5.11 Å². The van der Waals surface area contributed by atoms with E-state index in [0.29, 0.717) is 13.0 Å². The summed E-state index contributed by atoms with van der Waals surface area (Å²) in [6, 6.07) is 6.33. The van der Waals surface area contributed by atoms with Crippen molar-refractivity contribution in [2.45, 2.75) is 25.9 Å². The molecule has 0 unspecified atom stereocenters. The maximum Gasteiger partial charge on any atom is 0.326 e. The van der Waals surface area contributed by atoms with Gasteiger partial charge in [-0.15, -0.1) is 0 Å². The van der Waals surface area contributed by atoms with Crippen LogP contribution in [0.25, 0.3) is 0 Å². The zero-order chi connectivity index (χ0) is 14.4. The number of rotatable bonds is 5. The number of urea groups is 1. The van der Waals surface area contributed by atoms with Crippen LogP contribution in [0.4, 0.5) is 4.79 Å². The van der Waals surface area contributed by atoms with E-state index in [-0.39, 0.29) is 0 Å². The summed E-state index contributed by atoms with van der Waals surface area (Å²) < 4.78 is 0.917. The van der Waals surface area contributed by atoms with Crippen LogP contribution in [0.15, 0.2) is 28.7 Å². The quantitative estimate of drug-likeness (QED) is 0.872. The predicted octanol–water partition coefficient (Wildman–Crippen LogP) is 2.45. The largest absolute Gasteiger partial charge is 0.480 e. The molecule has 104 valence electrons. The Bertz CT molecular complexity index is 465. The van der Waals surface area contributed by atoms with E-state index in [1.54, 1.807) is 14.0 Å². The average Bonchev–Trinajstić information content (AvgIpc) is 2.37. The van der Waals surface area contributed by atoms with Crippen LogP contribution in [0.5, 0.6) is 0 Å². The summed E-state index contributed by atoms with van der Waals surface area (Å²) in [5.41, 5.74) is 0.962.